The molecule has 1 aliphatic rings. The third kappa shape index (κ3) is 5.11. The molecule has 12 nitrogen and oxygen atoms in total. The molecule has 0 bridgehead atoms. The van der Waals surface area contributed by atoms with Crippen LogP contribution in [0.5, 0.6) is 0 Å². The van der Waals surface area contributed by atoms with Crippen LogP contribution in [0, 0.1) is 0 Å². The van der Waals surface area contributed by atoms with Crippen molar-refractivity contribution in [3.8, 4) is 11.5 Å². The smallest absolute Gasteiger partial charge is 0.350 e. The van der Waals surface area contributed by atoms with Crippen molar-refractivity contribution >= 4 is 11.8 Å². The van der Waals surface area contributed by atoms with Gasteiger partial charge in [0.05, 0.1) is 12.2 Å². The fourth-order valence-corrected chi connectivity index (χ4v) is 4.25. The largest absolute Gasteiger partial charge is 0.431 e. The summed E-state index contributed by atoms with van der Waals surface area (Å²) in [6.45, 7) is -1.25. The SMILES string of the molecule is CNC(=O)c1cnc(-c2ccnc(C(=O)N3CCN([C@H](c4ccccc4)c4nnn(C(F)F)n4)CC3)c2)o1. The van der Waals surface area contributed by atoms with Crippen LogP contribution in [-0.4, -0.2) is 85.0 Å². The van der Waals surface area contributed by atoms with Crippen molar-refractivity contribution in [2.45, 2.75) is 12.6 Å². The van der Waals surface area contributed by atoms with E-state index in [1.807, 2.05) is 35.2 Å². The minimum atomic E-state index is -2.89. The second-order valence-electron chi connectivity index (χ2n) is 8.43. The van der Waals surface area contributed by atoms with Gasteiger partial charge in [-0.05, 0) is 22.9 Å². The zero-order valence-corrected chi connectivity index (χ0v) is 20.2. The van der Waals surface area contributed by atoms with Crippen molar-refractivity contribution < 1.29 is 22.8 Å². The molecule has 1 aliphatic heterocycles. The van der Waals surface area contributed by atoms with Gasteiger partial charge in [-0.1, -0.05) is 35.1 Å². The minimum absolute atomic E-state index is 0.0550. The summed E-state index contributed by atoms with van der Waals surface area (Å²) in [4.78, 5) is 37.3. The fraction of sp³-hybridized carbons (Fsp3) is 0.292. The van der Waals surface area contributed by atoms with E-state index in [9.17, 15) is 18.4 Å². The average molecular weight is 524 g/mol. The summed E-state index contributed by atoms with van der Waals surface area (Å²) < 4.78 is 31.7. The van der Waals surface area contributed by atoms with E-state index in [1.54, 1.807) is 17.0 Å². The van der Waals surface area contributed by atoms with Gasteiger partial charge in [-0.25, -0.2) is 4.98 Å². The van der Waals surface area contributed by atoms with Gasteiger partial charge in [0.25, 0.3) is 11.8 Å². The van der Waals surface area contributed by atoms with Crippen molar-refractivity contribution in [2.75, 3.05) is 33.2 Å². The number of nitrogens with one attached hydrogen (secondary N) is 1. The van der Waals surface area contributed by atoms with Crippen LogP contribution in [0.4, 0.5) is 8.78 Å². The molecule has 5 rings (SSSR count). The number of hydrogen-bond acceptors (Lipinski definition) is 9. The number of oxazole rings is 1. The van der Waals surface area contributed by atoms with E-state index in [4.69, 9.17) is 4.42 Å². The number of pyridine rings is 1. The number of halogens is 2. The highest BCUT2D eigenvalue weighted by Crippen LogP contribution is 2.28. The lowest BCUT2D eigenvalue weighted by atomic mass is 10.0. The Morgan fingerprint density at radius 1 is 1.05 bits per heavy atom. The van der Waals surface area contributed by atoms with Gasteiger partial charge in [0.15, 0.2) is 5.82 Å². The van der Waals surface area contributed by atoms with Crippen LogP contribution in [-0.2, 0) is 0 Å². The summed E-state index contributed by atoms with van der Waals surface area (Å²) in [6.07, 6.45) is 2.79. The van der Waals surface area contributed by atoms with E-state index < -0.39 is 18.5 Å². The molecule has 38 heavy (non-hydrogen) atoms. The Kier molecular flexibility index (Phi) is 7.13. The van der Waals surface area contributed by atoms with Crippen LogP contribution in [0.2, 0.25) is 0 Å². The maximum atomic E-state index is 13.2. The Bertz CT molecular complexity index is 1420. The van der Waals surface area contributed by atoms with Crippen molar-refractivity contribution in [2.24, 2.45) is 0 Å². The van der Waals surface area contributed by atoms with Gasteiger partial charge in [0.1, 0.15) is 5.69 Å². The summed E-state index contributed by atoms with van der Waals surface area (Å²) in [5.41, 5.74) is 1.55. The topological polar surface area (TPSA) is 135 Å². The maximum Gasteiger partial charge on any atom is 0.350 e. The number of hydrogen-bond donors (Lipinski definition) is 1. The first-order valence-corrected chi connectivity index (χ1v) is 11.7. The Morgan fingerprint density at radius 3 is 2.50 bits per heavy atom. The molecule has 0 unspecified atom stereocenters. The minimum Gasteiger partial charge on any atom is -0.431 e. The predicted octanol–water partition coefficient (Wildman–Crippen LogP) is 2.03. The molecule has 0 saturated carbocycles. The fourth-order valence-electron chi connectivity index (χ4n) is 4.25. The van der Waals surface area contributed by atoms with Gasteiger partial charge in [0, 0.05) is 45.0 Å². The Balaban J connectivity index is 1.30. The molecule has 1 aromatic carbocycles. The van der Waals surface area contributed by atoms with Crippen LogP contribution in [0.25, 0.3) is 11.5 Å². The molecule has 1 N–H and O–H groups in total. The molecular formula is C24H23F2N9O3. The summed E-state index contributed by atoms with van der Waals surface area (Å²) in [5, 5.41) is 13.7. The molecule has 0 aliphatic carbocycles. The molecule has 0 spiro atoms. The van der Waals surface area contributed by atoms with E-state index in [2.05, 4.69) is 30.7 Å². The number of alkyl halides is 2. The Labute approximate surface area is 215 Å². The van der Waals surface area contributed by atoms with E-state index >= 15 is 0 Å². The maximum absolute atomic E-state index is 13.2. The molecule has 14 heteroatoms. The zero-order chi connectivity index (χ0) is 26.6. The first-order valence-electron chi connectivity index (χ1n) is 11.7. The number of piperazine rings is 1. The van der Waals surface area contributed by atoms with E-state index in [0.29, 0.717) is 31.7 Å². The highest BCUT2D eigenvalue weighted by atomic mass is 19.3. The lowest BCUT2D eigenvalue weighted by Crippen LogP contribution is -2.50. The van der Waals surface area contributed by atoms with Gasteiger partial charge in [-0.3, -0.25) is 19.5 Å². The summed E-state index contributed by atoms with van der Waals surface area (Å²) >= 11 is 0. The summed E-state index contributed by atoms with van der Waals surface area (Å²) in [6, 6.07) is 12.0. The predicted molar refractivity (Wildman–Crippen MR) is 128 cm³/mol. The molecule has 196 valence electrons. The molecule has 0 radical (unpaired) electrons. The molecule has 1 saturated heterocycles. The molecule has 4 heterocycles. The second-order valence-corrected chi connectivity index (χ2v) is 8.43. The summed E-state index contributed by atoms with van der Waals surface area (Å²) in [5.74, 6) is -0.276. The molecular weight excluding hydrogens is 500 g/mol. The number of nitrogens with zero attached hydrogens (tertiary/aromatic N) is 8. The van der Waals surface area contributed by atoms with Crippen molar-refractivity contribution in [1.29, 1.82) is 0 Å². The van der Waals surface area contributed by atoms with Crippen molar-refractivity contribution in [1.82, 2.24) is 45.3 Å². The molecule has 4 aromatic rings. The van der Waals surface area contributed by atoms with Crippen LogP contribution >= 0.6 is 0 Å². The standard InChI is InChI=1S/C24H23F2N9O3/c1-27-21(36)18-14-29-22(38-18)16-7-8-28-17(13-16)23(37)34-11-9-33(10-12-34)19(15-5-3-2-4-6-15)20-30-32-35(31-20)24(25)26/h2-8,13-14,19,24H,9-12H2,1H3,(H,27,36)/t19-/m1/s1. The number of carbonyl (C=O) groups is 2. The van der Waals surface area contributed by atoms with Gasteiger partial charge < -0.3 is 14.6 Å². The number of rotatable bonds is 7. The lowest BCUT2D eigenvalue weighted by Gasteiger charge is -2.38. The first kappa shape index (κ1) is 25.1. The average Bonchev–Trinajstić information content (AvgIpc) is 3.65. The molecule has 1 atom stereocenters. The van der Waals surface area contributed by atoms with Gasteiger partial charge >= 0.3 is 6.55 Å². The van der Waals surface area contributed by atoms with Gasteiger partial charge in [-0.15, -0.1) is 10.2 Å². The van der Waals surface area contributed by atoms with Crippen molar-refractivity contribution in [3.05, 3.63) is 77.7 Å². The number of tetrazole rings is 1. The first-order chi connectivity index (χ1) is 18.4. The van der Waals surface area contributed by atoms with E-state index in [-0.39, 0.29) is 33.9 Å². The van der Waals surface area contributed by atoms with Gasteiger partial charge in [0.2, 0.25) is 11.7 Å². The van der Waals surface area contributed by atoms with Crippen LogP contribution in [0.15, 0.2) is 59.3 Å². The van der Waals surface area contributed by atoms with E-state index in [1.165, 1.54) is 19.4 Å². The molecule has 3 aromatic heterocycles. The number of aromatic nitrogens is 6. The van der Waals surface area contributed by atoms with Crippen molar-refractivity contribution in [3.63, 3.8) is 0 Å². The molecule has 2 amide bonds. The number of carbonyl (C=O) groups excluding carboxylic acids is 2. The van der Waals surface area contributed by atoms with Crippen LogP contribution in [0.3, 0.4) is 0 Å². The quantitative estimate of drug-likeness (QED) is 0.386. The van der Waals surface area contributed by atoms with Crippen LogP contribution < -0.4 is 5.32 Å². The number of amides is 2. The highest BCUT2D eigenvalue weighted by Gasteiger charge is 2.32. The number of benzene rings is 1. The van der Waals surface area contributed by atoms with Crippen LogP contribution in [0.1, 0.15) is 45.0 Å². The third-order valence-corrected chi connectivity index (χ3v) is 6.13. The Hall–Kier alpha value is -4.59. The highest BCUT2D eigenvalue weighted by molar-refractivity contribution is 5.93. The zero-order valence-electron chi connectivity index (χ0n) is 20.2. The second kappa shape index (κ2) is 10.8. The monoisotopic (exact) mass is 523 g/mol. The lowest BCUT2D eigenvalue weighted by molar-refractivity contribution is 0.0385. The van der Waals surface area contributed by atoms with Gasteiger partial charge in [-0.2, -0.15) is 8.78 Å². The normalized spacial score (nSPS) is 15.0. The van der Waals surface area contributed by atoms with E-state index in [0.717, 1.165) is 5.56 Å². The third-order valence-electron chi connectivity index (χ3n) is 6.13. The summed E-state index contributed by atoms with van der Waals surface area (Å²) in [7, 11) is 1.49. The Morgan fingerprint density at radius 2 is 1.82 bits per heavy atom. The molecule has 1 fully saturated rings.